The number of carbonyl (C=O) groups excluding carboxylic acids is 1. The standard InChI is InChI=1S/C19H23NO2/c1-12(2)16-11-17(14(4)10-18(16)22-5)19(21)20-15-8-6-7-13(3)9-15/h6-12H,1-5H3,(H,20,21). The van der Waals surface area contributed by atoms with Crippen molar-refractivity contribution in [3.63, 3.8) is 0 Å². The van der Waals surface area contributed by atoms with Crippen LogP contribution in [-0.2, 0) is 0 Å². The number of hydrogen-bond donors (Lipinski definition) is 1. The molecule has 2 aromatic carbocycles. The lowest BCUT2D eigenvalue weighted by molar-refractivity contribution is 0.102. The summed E-state index contributed by atoms with van der Waals surface area (Å²) in [6.07, 6.45) is 0. The average molecular weight is 297 g/mol. The molecule has 0 atom stereocenters. The minimum atomic E-state index is -0.0901. The summed E-state index contributed by atoms with van der Waals surface area (Å²) < 4.78 is 5.42. The summed E-state index contributed by atoms with van der Waals surface area (Å²) in [5, 5.41) is 2.96. The first-order chi connectivity index (χ1) is 10.4. The molecular formula is C19H23NO2. The van der Waals surface area contributed by atoms with Crippen molar-refractivity contribution in [3.8, 4) is 5.75 Å². The normalized spacial score (nSPS) is 10.6. The van der Waals surface area contributed by atoms with Gasteiger partial charge in [-0.1, -0.05) is 26.0 Å². The summed E-state index contributed by atoms with van der Waals surface area (Å²) >= 11 is 0. The van der Waals surface area contributed by atoms with E-state index in [1.165, 1.54) is 0 Å². The number of nitrogens with one attached hydrogen (secondary N) is 1. The first-order valence-electron chi connectivity index (χ1n) is 7.49. The van der Waals surface area contributed by atoms with E-state index in [-0.39, 0.29) is 5.91 Å². The molecule has 2 rings (SSSR count). The Hall–Kier alpha value is -2.29. The van der Waals surface area contributed by atoms with E-state index < -0.39 is 0 Å². The van der Waals surface area contributed by atoms with Crippen LogP contribution >= 0.6 is 0 Å². The van der Waals surface area contributed by atoms with Crippen LogP contribution in [0, 0.1) is 13.8 Å². The highest BCUT2D eigenvalue weighted by atomic mass is 16.5. The summed E-state index contributed by atoms with van der Waals surface area (Å²) in [6, 6.07) is 11.7. The topological polar surface area (TPSA) is 38.3 Å². The predicted octanol–water partition coefficient (Wildman–Crippen LogP) is 4.69. The molecule has 1 N–H and O–H groups in total. The van der Waals surface area contributed by atoms with Gasteiger partial charge in [-0.25, -0.2) is 0 Å². The zero-order chi connectivity index (χ0) is 16.3. The van der Waals surface area contributed by atoms with Crippen LogP contribution in [0.2, 0.25) is 0 Å². The molecule has 0 aromatic heterocycles. The second-order valence-electron chi connectivity index (χ2n) is 5.89. The van der Waals surface area contributed by atoms with Crippen molar-refractivity contribution in [2.75, 3.05) is 12.4 Å². The third-order valence-electron chi connectivity index (χ3n) is 3.72. The minimum Gasteiger partial charge on any atom is -0.496 e. The van der Waals surface area contributed by atoms with E-state index >= 15 is 0 Å². The molecule has 0 bridgehead atoms. The van der Waals surface area contributed by atoms with Gasteiger partial charge in [0, 0.05) is 11.3 Å². The van der Waals surface area contributed by atoms with Gasteiger partial charge in [-0.2, -0.15) is 0 Å². The van der Waals surface area contributed by atoms with Gasteiger partial charge in [0.15, 0.2) is 0 Å². The molecule has 3 nitrogen and oxygen atoms in total. The summed E-state index contributed by atoms with van der Waals surface area (Å²) in [6.45, 7) is 8.12. The van der Waals surface area contributed by atoms with Crippen LogP contribution in [0.4, 0.5) is 5.69 Å². The van der Waals surface area contributed by atoms with Crippen LogP contribution in [0.25, 0.3) is 0 Å². The number of hydrogen-bond acceptors (Lipinski definition) is 2. The molecule has 0 saturated carbocycles. The van der Waals surface area contributed by atoms with Crippen molar-refractivity contribution >= 4 is 11.6 Å². The van der Waals surface area contributed by atoms with Crippen LogP contribution in [-0.4, -0.2) is 13.0 Å². The Kier molecular flexibility index (Phi) is 4.86. The van der Waals surface area contributed by atoms with Crippen LogP contribution < -0.4 is 10.1 Å². The third kappa shape index (κ3) is 3.48. The molecule has 0 heterocycles. The molecule has 3 heteroatoms. The first kappa shape index (κ1) is 16.1. The zero-order valence-corrected chi connectivity index (χ0v) is 13.9. The molecular weight excluding hydrogens is 274 g/mol. The van der Waals surface area contributed by atoms with Crippen LogP contribution in [0.1, 0.15) is 46.8 Å². The molecule has 0 spiro atoms. The maximum absolute atomic E-state index is 12.6. The van der Waals surface area contributed by atoms with Crippen molar-refractivity contribution in [1.29, 1.82) is 0 Å². The molecule has 2 aromatic rings. The van der Waals surface area contributed by atoms with Gasteiger partial charge >= 0.3 is 0 Å². The second kappa shape index (κ2) is 6.65. The monoisotopic (exact) mass is 297 g/mol. The summed E-state index contributed by atoms with van der Waals surface area (Å²) in [5.74, 6) is 1.04. The highest BCUT2D eigenvalue weighted by Crippen LogP contribution is 2.30. The molecule has 0 unspecified atom stereocenters. The van der Waals surface area contributed by atoms with Gasteiger partial charge in [0.1, 0.15) is 5.75 Å². The predicted molar refractivity (Wildman–Crippen MR) is 91.0 cm³/mol. The number of anilines is 1. The Morgan fingerprint density at radius 2 is 1.86 bits per heavy atom. The Labute approximate surface area is 132 Å². The smallest absolute Gasteiger partial charge is 0.255 e. The summed E-state index contributed by atoms with van der Waals surface area (Å²) in [5.41, 5.74) is 4.57. The largest absolute Gasteiger partial charge is 0.496 e. The van der Waals surface area contributed by atoms with Gasteiger partial charge in [-0.05, 0) is 60.7 Å². The molecule has 1 amide bonds. The van der Waals surface area contributed by atoms with Gasteiger partial charge in [0.05, 0.1) is 7.11 Å². The van der Waals surface area contributed by atoms with Crippen LogP contribution in [0.5, 0.6) is 5.75 Å². The highest BCUT2D eigenvalue weighted by molar-refractivity contribution is 6.05. The summed E-state index contributed by atoms with van der Waals surface area (Å²) in [7, 11) is 1.66. The van der Waals surface area contributed by atoms with Crippen molar-refractivity contribution in [3.05, 3.63) is 58.7 Å². The molecule has 0 saturated heterocycles. The van der Waals surface area contributed by atoms with Crippen molar-refractivity contribution in [2.45, 2.75) is 33.6 Å². The van der Waals surface area contributed by atoms with E-state index in [2.05, 4.69) is 19.2 Å². The molecule has 22 heavy (non-hydrogen) atoms. The Bertz CT molecular complexity index is 690. The molecule has 0 fully saturated rings. The van der Waals surface area contributed by atoms with Gasteiger partial charge in [0.25, 0.3) is 5.91 Å². The molecule has 0 radical (unpaired) electrons. The number of methoxy groups -OCH3 is 1. The van der Waals surface area contributed by atoms with E-state index in [0.29, 0.717) is 11.5 Å². The molecule has 0 aliphatic heterocycles. The van der Waals surface area contributed by atoms with Gasteiger partial charge < -0.3 is 10.1 Å². The maximum atomic E-state index is 12.6. The van der Waals surface area contributed by atoms with Crippen molar-refractivity contribution in [1.82, 2.24) is 0 Å². The fourth-order valence-corrected chi connectivity index (χ4v) is 2.49. The lowest BCUT2D eigenvalue weighted by Gasteiger charge is -2.16. The number of ether oxygens (including phenoxy) is 1. The van der Waals surface area contributed by atoms with Crippen LogP contribution in [0.15, 0.2) is 36.4 Å². The number of aryl methyl sites for hydroxylation is 2. The maximum Gasteiger partial charge on any atom is 0.255 e. The SMILES string of the molecule is COc1cc(C)c(C(=O)Nc2cccc(C)c2)cc1C(C)C. The quantitative estimate of drug-likeness (QED) is 0.889. The van der Waals surface area contributed by atoms with Gasteiger partial charge in [-0.3, -0.25) is 4.79 Å². The Morgan fingerprint density at radius 1 is 1.14 bits per heavy atom. The number of benzene rings is 2. The van der Waals surface area contributed by atoms with Gasteiger partial charge in [-0.15, -0.1) is 0 Å². The number of amides is 1. The minimum absolute atomic E-state index is 0.0901. The van der Waals surface area contributed by atoms with Crippen molar-refractivity contribution < 1.29 is 9.53 Å². The lowest BCUT2D eigenvalue weighted by atomic mass is 9.96. The Morgan fingerprint density at radius 3 is 2.45 bits per heavy atom. The van der Waals surface area contributed by atoms with Gasteiger partial charge in [0.2, 0.25) is 0 Å². The van der Waals surface area contributed by atoms with Crippen molar-refractivity contribution in [2.24, 2.45) is 0 Å². The fraction of sp³-hybridized carbons (Fsp3) is 0.316. The molecule has 116 valence electrons. The summed E-state index contributed by atoms with van der Waals surface area (Å²) in [4.78, 5) is 12.6. The highest BCUT2D eigenvalue weighted by Gasteiger charge is 2.16. The van der Waals surface area contributed by atoms with E-state index in [4.69, 9.17) is 4.74 Å². The number of carbonyl (C=O) groups is 1. The molecule has 0 aliphatic rings. The number of rotatable bonds is 4. The second-order valence-corrected chi connectivity index (χ2v) is 5.89. The fourth-order valence-electron chi connectivity index (χ4n) is 2.49. The molecule has 0 aliphatic carbocycles. The van der Waals surface area contributed by atoms with Crippen LogP contribution in [0.3, 0.4) is 0 Å². The van der Waals surface area contributed by atoms with E-state index in [1.54, 1.807) is 7.11 Å². The zero-order valence-electron chi connectivity index (χ0n) is 13.9. The van der Waals surface area contributed by atoms with E-state index in [9.17, 15) is 4.79 Å². The Balaban J connectivity index is 2.35. The van der Waals surface area contributed by atoms with E-state index in [0.717, 1.165) is 28.1 Å². The average Bonchev–Trinajstić information content (AvgIpc) is 2.46. The third-order valence-corrected chi connectivity index (χ3v) is 3.72. The lowest BCUT2D eigenvalue weighted by Crippen LogP contribution is -2.14. The van der Waals surface area contributed by atoms with E-state index in [1.807, 2.05) is 50.2 Å². The first-order valence-corrected chi connectivity index (χ1v) is 7.49.